The number of hydrogen-bond donors (Lipinski definition) is 3. The molecular weight excluding hydrogens is 875 g/mol. The van der Waals surface area contributed by atoms with Crippen LogP contribution in [0.4, 0.5) is 0 Å². The van der Waals surface area contributed by atoms with Crippen molar-refractivity contribution in [2.75, 3.05) is 13.2 Å². The summed E-state index contributed by atoms with van der Waals surface area (Å²) >= 11 is 0. The second-order valence-electron chi connectivity index (χ2n) is 22.5. The summed E-state index contributed by atoms with van der Waals surface area (Å²) in [5, 5.41) is 23.2. The van der Waals surface area contributed by atoms with Gasteiger partial charge in [-0.2, -0.15) is 0 Å². The minimum atomic E-state index is -0.843. The molecule has 0 radical (unpaired) electrons. The molecule has 0 saturated heterocycles. The molecule has 0 saturated carbocycles. The molecule has 6 heteroatoms. The summed E-state index contributed by atoms with van der Waals surface area (Å²) in [6.07, 6.45) is 74.1. The van der Waals surface area contributed by atoms with Crippen molar-refractivity contribution in [1.82, 2.24) is 5.32 Å². The summed E-state index contributed by atoms with van der Waals surface area (Å²) in [6, 6.07) is -0.626. The Kier molecular flexibility index (Phi) is 59.9. The molecule has 0 aromatic carbocycles. The van der Waals surface area contributed by atoms with Gasteiger partial charge in [0.1, 0.15) is 0 Å². The fourth-order valence-electron chi connectivity index (χ4n) is 10.3. The topological polar surface area (TPSA) is 95.9 Å². The number of unbranched alkanes of at least 4 members (excludes halogenated alkanes) is 50. The largest absolute Gasteiger partial charge is 0.466 e. The van der Waals surface area contributed by atoms with E-state index in [-0.39, 0.29) is 18.5 Å². The highest BCUT2D eigenvalue weighted by Gasteiger charge is 2.18. The lowest BCUT2D eigenvalue weighted by molar-refractivity contribution is -0.143. The summed E-state index contributed by atoms with van der Waals surface area (Å²) in [7, 11) is 0. The first kappa shape index (κ1) is 69.6. The molecule has 0 aromatic heterocycles. The van der Waals surface area contributed by atoms with Crippen LogP contribution in [0.3, 0.4) is 0 Å². The van der Waals surface area contributed by atoms with Gasteiger partial charge in [0.15, 0.2) is 0 Å². The standard InChI is InChI=1S/C65H127NO5/c1-3-5-7-9-11-13-15-17-19-30-33-37-41-45-49-53-57-63(68)62(61-67)66-64(69)58-54-50-46-42-38-34-31-28-26-24-22-20-21-23-25-27-29-32-36-40-44-48-52-56-60-71-65(70)59-55-51-47-43-39-35-18-16-14-12-10-8-6-4-2/h53,57,62-63,67-68H,3-52,54-56,58-61H2,1-2H3,(H,66,69)/b57-53+. The van der Waals surface area contributed by atoms with E-state index in [9.17, 15) is 19.8 Å². The van der Waals surface area contributed by atoms with Gasteiger partial charge in [-0.25, -0.2) is 0 Å². The van der Waals surface area contributed by atoms with E-state index >= 15 is 0 Å². The minimum Gasteiger partial charge on any atom is -0.466 e. The summed E-state index contributed by atoms with van der Waals surface area (Å²) in [5.74, 6) is -0.0459. The fraction of sp³-hybridized carbons (Fsp3) is 0.938. The number of carbonyl (C=O) groups excluding carboxylic acids is 2. The lowest BCUT2D eigenvalue weighted by Crippen LogP contribution is -2.45. The summed E-state index contributed by atoms with van der Waals surface area (Å²) in [6.45, 7) is 4.94. The maximum Gasteiger partial charge on any atom is 0.305 e. The van der Waals surface area contributed by atoms with Crippen molar-refractivity contribution in [1.29, 1.82) is 0 Å². The van der Waals surface area contributed by atoms with Crippen molar-refractivity contribution >= 4 is 11.9 Å². The van der Waals surface area contributed by atoms with Gasteiger partial charge in [-0.3, -0.25) is 9.59 Å². The van der Waals surface area contributed by atoms with Crippen LogP contribution in [-0.4, -0.2) is 47.4 Å². The zero-order chi connectivity index (χ0) is 51.4. The Balaban J connectivity index is 3.37. The number of allylic oxidation sites excluding steroid dienone is 1. The van der Waals surface area contributed by atoms with E-state index in [0.29, 0.717) is 19.4 Å². The number of carbonyl (C=O) groups is 2. The zero-order valence-corrected chi connectivity index (χ0v) is 48.2. The van der Waals surface area contributed by atoms with Gasteiger partial charge in [-0.1, -0.05) is 334 Å². The van der Waals surface area contributed by atoms with Gasteiger partial charge in [0.05, 0.1) is 25.4 Å². The van der Waals surface area contributed by atoms with Crippen LogP contribution >= 0.6 is 0 Å². The third-order valence-corrected chi connectivity index (χ3v) is 15.3. The molecule has 0 spiro atoms. The van der Waals surface area contributed by atoms with Crippen LogP contribution in [0.1, 0.15) is 367 Å². The molecule has 3 N–H and O–H groups in total. The zero-order valence-electron chi connectivity index (χ0n) is 48.2. The highest BCUT2D eigenvalue weighted by atomic mass is 16.5. The van der Waals surface area contributed by atoms with Gasteiger partial charge in [-0.05, 0) is 32.1 Å². The second kappa shape index (κ2) is 61.1. The molecule has 1 amide bonds. The molecule has 6 nitrogen and oxygen atoms in total. The quantitative estimate of drug-likeness (QED) is 0.0320. The van der Waals surface area contributed by atoms with Gasteiger partial charge in [0.25, 0.3) is 0 Å². The molecule has 0 aromatic rings. The number of rotatable bonds is 61. The van der Waals surface area contributed by atoms with Crippen LogP contribution in [0.5, 0.6) is 0 Å². The summed E-state index contributed by atoms with van der Waals surface area (Å²) < 4.78 is 5.49. The number of hydrogen-bond acceptors (Lipinski definition) is 5. The van der Waals surface area contributed by atoms with Crippen LogP contribution in [0, 0.1) is 0 Å². The molecule has 2 unspecified atom stereocenters. The lowest BCUT2D eigenvalue weighted by Gasteiger charge is -2.20. The SMILES string of the molecule is CCCCCCCCCCCCCCCC/C=C/C(O)C(CO)NC(=O)CCCCCCCCCCCCCCCCCCCCCCCCCCOC(=O)CCCCCCCCCCCCCCCC. The smallest absolute Gasteiger partial charge is 0.305 e. The van der Waals surface area contributed by atoms with E-state index in [1.54, 1.807) is 6.08 Å². The maximum absolute atomic E-state index is 12.5. The van der Waals surface area contributed by atoms with E-state index in [0.717, 1.165) is 38.5 Å². The highest BCUT2D eigenvalue weighted by Crippen LogP contribution is 2.18. The van der Waals surface area contributed by atoms with Crippen molar-refractivity contribution in [2.45, 2.75) is 379 Å². The lowest BCUT2D eigenvalue weighted by atomic mass is 10.0. The predicted octanol–water partition coefficient (Wildman–Crippen LogP) is 20.4. The first-order valence-corrected chi connectivity index (χ1v) is 32.5. The minimum absolute atomic E-state index is 0.0180. The number of aliphatic hydroxyl groups is 2. The third kappa shape index (κ3) is 57.7. The molecule has 0 aliphatic carbocycles. The fourth-order valence-corrected chi connectivity index (χ4v) is 10.3. The van der Waals surface area contributed by atoms with Crippen LogP contribution in [-0.2, 0) is 14.3 Å². The summed E-state index contributed by atoms with van der Waals surface area (Å²) in [4.78, 5) is 24.5. The Bertz CT molecular complexity index is 1060. The molecule has 0 aliphatic rings. The Morgan fingerprint density at radius 1 is 0.380 bits per heavy atom. The van der Waals surface area contributed by atoms with E-state index < -0.39 is 12.1 Å². The number of ether oxygens (including phenoxy) is 1. The molecule has 0 bridgehead atoms. The third-order valence-electron chi connectivity index (χ3n) is 15.3. The van der Waals surface area contributed by atoms with E-state index in [4.69, 9.17) is 4.74 Å². The predicted molar refractivity (Wildman–Crippen MR) is 310 cm³/mol. The molecule has 0 heterocycles. The van der Waals surface area contributed by atoms with Crippen LogP contribution < -0.4 is 5.32 Å². The number of aliphatic hydroxyl groups excluding tert-OH is 2. The van der Waals surface area contributed by atoms with Crippen LogP contribution in [0.25, 0.3) is 0 Å². The van der Waals surface area contributed by atoms with E-state index in [1.807, 2.05) is 6.08 Å². The molecule has 0 aliphatic heterocycles. The second-order valence-corrected chi connectivity index (χ2v) is 22.5. The number of nitrogens with one attached hydrogen (secondary N) is 1. The molecule has 2 atom stereocenters. The average Bonchev–Trinajstić information content (AvgIpc) is 3.37. The Morgan fingerprint density at radius 3 is 0.958 bits per heavy atom. The van der Waals surface area contributed by atoms with Crippen molar-refractivity contribution < 1.29 is 24.5 Å². The van der Waals surface area contributed by atoms with Gasteiger partial charge in [-0.15, -0.1) is 0 Å². The average molecular weight is 1000 g/mol. The van der Waals surface area contributed by atoms with E-state index in [2.05, 4.69) is 19.2 Å². The molecule has 422 valence electrons. The first-order chi connectivity index (χ1) is 35.0. The van der Waals surface area contributed by atoms with Crippen LogP contribution in [0.15, 0.2) is 12.2 Å². The monoisotopic (exact) mass is 1000 g/mol. The molecule has 0 rings (SSSR count). The van der Waals surface area contributed by atoms with Gasteiger partial charge in [0, 0.05) is 12.8 Å². The Labute approximate surface area is 444 Å². The summed E-state index contributed by atoms with van der Waals surface area (Å²) in [5.41, 5.74) is 0. The molecule has 0 fully saturated rings. The van der Waals surface area contributed by atoms with Crippen LogP contribution in [0.2, 0.25) is 0 Å². The van der Waals surface area contributed by atoms with Crippen molar-refractivity contribution in [3.63, 3.8) is 0 Å². The van der Waals surface area contributed by atoms with E-state index in [1.165, 1.54) is 302 Å². The Hall–Kier alpha value is -1.40. The van der Waals surface area contributed by atoms with Gasteiger partial charge in [0.2, 0.25) is 5.91 Å². The maximum atomic E-state index is 12.5. The Morgan fingerprint density at radius 2 is 0.648 bits per heavy atom. The first-order valence-electron chi connectivity index (χ1n) is 32.5. The van der Waals surface area contributed by atoms with Crippen molar-refractivity contribution in [3.05, 3.63) is 12.2 Å². The molecule has 71 heavy (non-hydrogen) atoms. The number of amides is 1. The number of esters is 1. The highest BCUT2D eigenvalue weighted by molar-refractivity contribution is 5.76. The van der Waals surface area contributed by atoms with Gasteiger partial charge < -0.3 is 20.3 Å². The normalized spacial score (nSPS) is 12.6. The molecular formula is C65H127NO5. The van der Waals surface area contributed by atoms with Gasteiger partial charge >= 0.3 is 5.97 Å². The van der Waals surface area contributed by atoms with Crippen molar-refractivity contribution in [2.24, 2.45) is 0 Å². The van der Waals surface area contributed by atoms with Crippen molar-refractivity contribution in [3.8, 4) is 0 Å².